The van der Waals surface area contributed by atoms with Gasteiger partial charge in [0.05, 0.1) is 0 Å². The molecule has 0 saturated heterocycles. The predicted molar refractivity (Wildman–Crippen MR) is 94.5 cm³/mol. The first kappa shape index (κ1) is 21.1. The van der Waals surface area contributed by atoms with Crippen LogP contribution in [0.15, 0.2) is 24.3 Å². The summed E-state index contributed by atoms with van der Waals surface area (Å²) in [5.41, 5.74) is 1.73. The number of benzene rings is 1. The molecule has 2 amide bonds. The summed E-state index contributed by atoms with van der Waals surface area (Å²) in [4.78, 5) is 28.7. The molecule has 0 aliphatic carbocycles. The number of hydrogen-bond donors (Lipinski definition) is 2. The molecule has 7 nitrogen and oxygen atoms in total. The number of halogens is 1. The lowest BCUT2D eigenvalue weighted by molar-refractivity contribution is -0.144. The van der Waals surface area contributed by atoms with Crippen LogP contribution in [0, 0.1) is 0 Å². The minimum Gasteiger partial charge on any atom is -0.481 e. The average molecular weight is 373 g/mol. The minimum atomic E-state index is -0.757. The van der Waals surface area contributed by atoms with Crippen LogP contribution in [-0.2, 0) is 14.4 Å². The Labute approximate surface area is 152 Å². The van der Waals surface area contributed by atoms with Crippen LogP contribution in [0.25, 0.3) is 0 Å². The van der Waals surface area contributed by atoms with Crippen LogP contribution in [0.2, 0.25) is 5.02 Å². The molecule has 0 saturated carbocycles. The number of hydrogen-bond acceptors (Lipinski definition) is 5. The monoisotopic (exact) mass is 372 g/mol. The van der Waals surface area contributed by atoms with Gasteiger partial charge < -0.3 is 14.8 Å². The molecule has 0 bridgehead atoms. The van der Waals surface area contributed by atoms with Gasteiger partial charge in [-0.15, -0.1) is 0 Å². The number of ether oxygens (including phenoxy) is 2. The van der Waals surface area contributed by atoms with Crippen molar-refractivity contribution >= 4 is 23.6 Å². The van der Waals surface area contributed by atoms with Gasteiger partial charge in [0.1, 0.15) is 17.5 Å². The maximum Gasteiger partial charge on any atom is 0.407 e. The highest BCUT2D eigenvalue weighted by Crippen LogP contribution is 2.16. The van der Waals surface area contributed by atoms with Gasteiger partial charge in [0, 0.05) is 11.6 Å². The summed E-state index contributed by atoms with van der Waals surface area (Å²) in [6.07, 6.45) is -1.75. The fourth-order valence-electron chi connectivity index (χ4n) is 1.60. The van der Waals surface area contributed by atoms with Gasteiger partial charge in [-0.05, 0) is 58.9 Å². The molecule has 0 heterocycles. The summed E-state index contributed by atoms with van der Waals surface area (Å²) in [6, 6.07) is 6.67. The van der Waals surface area contributed by atoms with Crippen LogP contribution in [0.4, 0.5) is 4.79 Å². The van der Waals surface area contributed by atoms with Crippen molar-refractivity contribution in [1.82, 2.24) is 10.8 Å². The molecule has 25 heavy (non-hydrogen) atoms. The van der Waals surface area contributed by atoms with Crippen LogP contribution in [0.1, 0.15) is 34.6 Å². The van der Waals surface area contributed by atoms with Crippen molar-refractivity contribution in [3.05, 3.63) is 29.3 Å². The van der Waals surface area contributed by atoms with Crippen molar-refractivity contribution in [3.8, 4) is 5.75 Å². The van der Waals surface area contributed by atoms with E-state index in [1.54, 1.807) is 58.9 Å². The number of hydroxylamine groups is 1. The molecule has 1 unspecified atom stereocenters. The van der Waals surface area contributed by atoms with Gasteiger partial charge in [-0.1, -0.05) is 11.6 Å². The lowest BCUT2D eigenvalue weighted by Crippen LogP contribution is -2.42. The van der Waals surface area contributed by atoms with Crippen molar-refractivity contribution in [2.24, 2.45) is 0 Å². The topological polar surface area (TPSA) is 85.9 Å². The second kappa shape index (κ2) is 9.48. The molecular formula is C17H25ClN2O5. The summed E-state index contributed by atoms with van der Waals surface area (Å²) in [6.45, 7) is 8.79. The van der Waals surface area contributed by atoms with E-state index in [9.17, 15) is 9.59 Å². The highest BCUT2D eigenvalue weighted by atomic mass is 35.5. The van der Waals surface area contributed by atoms with Gasteiger partial charge in [-0.25, -0.2) is 10.3 Å². The van der Waals surface area contributed by atoms with E-state index in [4.69, 9.17) is 25.9 Å². The highest BCUT2D eigenvalue weighted by molar-refractivity contribution is 6.30. The summed E-state index contributed by atoms with van der Waals surface area (Å²) >= 11 is 5.79. The number of rotatable bonds is 7. The molecule has 140 valence electrons. The zero-order valence-electron chi connectivity index (χ0n) is 15.1. The maximum absolute atomic E-state index is 11.9. The van der Waals surface area contributed by atoms with Gasteiger partial charge in [0.15, 0.2) is 6.10 Å². The molecule has 0 spiro atoms. The van der Waals surface area contributed by atoms with Crippen LogP contribution in [-0.4, -0.2) is 36.4 Å². The first-order valence-electron chi connectivity index (χ1n) is 7.91. The third kappa shape index (κ3) is 9.16. The van der Waals surface area contributed by atoms with Gasteiger partial charge in [0.25, 0.3) is 5.91 Å². The van der Waals surface area contributed by atoms with Crippen LogP contribution < -0.4 is 15.5 Å². The van der Waals surface area contributed by atoms with Crippen molar-refractivity contribution in [1.29, 1.82) is 0 Å². The van der Waals surface area contributed by atoms with E-state index >= 15 is 0 Å². The molecule has 0 fully saturated rings. The van der Waals surface area contributed by atoms with Crippen LogP contribution in [0.5, 0.6) is 5.75 Å². The molecule has 1 aromatic rings. The smallest absolute Gasteiger partial charge is 0.407 e. The number of carbonyl (C=O) groups excluding carboxylic acids is 2. The van der Waals surface area contributed by atoms with E-state index < -0.39 is 29.8 Å². The van der Waals surface area contributed by atoms with Crippen molar-refractivity contribution < 1.29 is 23.9 Å². The van der Waals surface area contributed by atoms with E-state index in [1.807, 2.05) is 0 Å². The molecule has 0 aromatic heterocycles. The second-order valence-electron chi connectivity index (χ2n) is 6.49. The standard InChI is InChI=1S/C17H25ClN2O5/c1-11(10-19-16(22)24-17(3,4)5)25-20-15(21)12(2)23-14-8-6-13(18)7-9-14/h6-9,11-12H,10H2,1-5H3,(H,19,22)(H,20,21)/t11?,12-/m0/s1. The lowest BCUT2D eigenvalue weighted by Gasteiger charge is -2.21. The van der Waals surface area contributed by atoms with Crippen molar-refractivity contribution in [2.45, 2.75) is 52.4 Å². The molecule has 2 N–H and O–H groups in total. The fourth-order valence-corrected chi connectivity index (χ4v) is 1.72. The van der Waals surface area contributed by atoms with E-state index in [1.165, 1.54) is 0 Å². The highest BCUT2D eigenvalue weighted by Gasteiger charge is 2.18. The number of amides is 2. The second-order valence-corrected chi connectivity index (χ2v) is 6.93. The van der Waals surface area contributed by atoms with E-state index in [-0.39, 0.29) is 6.54 Å². The molecule has 0 aliphatic rings. The Bertz CT molecular complexity index is 571. The number of nitrogens with one attached hydrogen (secondary N) is 2. The Morgan fingerprint density at radius 3 is 2.32 bits per heavy atom. The first-order chi connectivity index (χ1) is 11.6. The largest absolute Gasteiger partial charge is 0.481 e. The Morgan fingerprint density at radius 1 is 1.16 bits per heavy atom. The minimum absolute atomic E-state index is 0.182. The zero-order valence-corrected chi connectivity index (χ0v) is 15.8. The number of alkyl carbamates (subject to hydrolysis) is 1. The molecule has 0 aliphatic heterocycles. The van der Waals surface area contributed by atoms with Gasteiger partial charge in [-0.3, -0.25) is 9.63 Å². The Balaban J connectivity index is 2.30. The third-order valence-electron chi connectivity index (χ3n) is 2.79. The molecule has 1 rings (SSSR count). The Morgan fingerprint density at radius 2 is 1.76 bits per heavy atom. The van der Waals surface area contributed by atoms with Gasteiger partial charge in [0.2, 0.25) is 0 Å². The Hall–Kier alpha value is -1.99. The molecule has 2 atom stereocenters. The van der Waals surface area contributed by atoms with Gasteiger partial charge >= 0.3 is 6.09 Å². The molecule has 8 heteroatoms. The fraction of sp³-hybridized carbons (Fsp3) is 0.529. The van der Waals surface area contributed by atoms with Gasteiger partial charge in [-0.2, -0.15) is 0 Å². The van der Waals surface area contributed by atoms with Crippen molar-refractivity contribution in [3.63, 3.8) is 0 Å². The van der Waals surface area contributed by atoms with Crippen LogP contribution >= 0.6 is 11.6 Å². The third-order valence-corrected chi connectivity index (χ3v) is 3.04. The zero-order chi connectivity index (χ0) is 19.0. The van der Waals surface area contributed by atoms with E-state index in [0.717, 1.165) is 0 Å². The van der Waals surface area contributed by atoms with Crippen molar-refractivity contribution in [2.75, 3.05) is 6.54 Å². The van der Waals surface area contributed by atoms with E-state index in [0.29, 0.717) is 10.8 Å². The summed E-state index contributed by atoms with van der Waals surface area (Å²) in [5, 5.41) is 3.14. The molecule has 1 aromatic carbocycles. The molecular weight excluding hydrogens is 348 g/mol. The lowest BCUT2D eigenvalue weighted by atomic mass is 10.2. The Kier molecular flexibility index (Phi) is 7.99. The average Bonchev–Trinajstić information content (AvgIpc) is 2.51. The first-order valence-corrected chi connectivity index (χ1v) is 8.29. The summed E-state index contributed by atoms with van der Waals surface area (Å²) in [5.74, 6) is 0.0748. The maximum atomic E-state index is 11.9. The normalized spacial score (nSPS) is 13.5. The molecule has 0 radical (unpaired) electrons. The van der Waals surface area contributed by atoms with E-state index in [2.05, 4.69) is 10.8 Å². The summed E-state index contributed by atoms with van der Waals surface area (Å²) in [7, 11) is 0. The SMILES string of the molecule is CC(CNC(=O)OC(C)(C)C)ONC(=O)[C@H](C)Oc1ccc(Cl)cc1. The number of carbonyl (C=O) groups is 2. The quantitative estimate of drug-likeness (QED) is 0.718. The van der Waals surface area contributed by atoms with Crippen LogP contribution in [0.3, 0.4) is 0 Å². The summed E-state index contributed by atoms with van der Waals surface area (Å²) < 4.78 is 10.6. The predicted octanol–water partition coefficient (Wildman–Crippen LogP) is 3.07.